The molecule has 0 radical (unpaired) electrons. The summed E-state index contributed by atoms with van der Waals surface area (Å²) in [5, 5.41) is 4.00. The van der Waals surface area contributed by atoms with Gasteiger partial charge in [0.25, 0.3) is 5.91 Å². The first-order chi connectivity index (χ1) is 17.9. The van der Waals surface area contributed by atoms with Crippen molar-refractivity contribution in [3.8, 4) is 0 Å². The molecule has 2 atom stereocenters. The molecule has 2 aliphatic rings. The van der Waals surface area contributed by atoms with Gasteiger partial charge in [-0.1, -0.05) is 33.9 Å². The summed E-state index contributed by atoms with van der Waals surface area (Å²) in [7, 11) is 0. The molecule has 1 saturated heterocycles. The van der Waals surface area contributed by atoms with Crippen molar-refractivity contribution in [2.45, 2.75) is 70.9 Å². The zero-order valence-corrected chi connectivity index (χ0v) is 25.2. The number of nitrogens with zero attached hydrogens (tertiary/aromatic N) is 4. The van der Waals surface area contributed by atoms with Crippen LogP contribution < -0.4 is 14.9 Å². The number of aliphatic imine (C=N–C) groups is 1. The van der Waals surface area contributed by atoms with E-state index in [1.54, 1.807) is 6.08 Å². The summed E-state index contributed by atoms with van der Waals surface area (Å²) < 4.78 is 3.88. The number of hydrogen-bond acceptors (Lipinski definition) is 7. The van der Waals surface area contributed by atoms with Crippen molar-refractivity contribution in [3.05, 3.63) is 76.9 Å². The summed E-state index contributed by atoms with van der Waals surface area (Å²) in [6, 6.07) is 7.84. The molecule has 202 valence electrons. The van der Waals surface area contributed by atoms with Crippen molar-refractivity contribution < 1.29 is 4.79 Å². The molecule has 7 nitrogen and oxygen atoms in total. The summed E-state index contributed by atoms with van der Waals surface area (Å²) in [5.74, 6) is 1.46. The van der Waals surface area contributed by atoms with E-state index in [1.165, 1.54) is 0 Å². The minimum Gasteiger partial charge on any atom is -0.362 e. The highest BCUT2D eigenvalue weighted by molar-refractivity contribution is 9.10. The molecule has 0 aliphatic carbocycles. The highest BCUT2D eigenvalue weighted by atomic mass is 79.9. The van der Waals surface area contributed by atoms with Gasteiger partial charge < -0.3 is 10.2 Å². The molecule has 4 heterocycles. The van der Waals surface area contributed by atoms with Crippen LogP contribution in [0.2, 0.25) is 0 Å². The van der Waals surface area contributed by atoms with Crippen molar-refractivity contribution in [2.24, 2.45) is 10.9 Å². The fourth-order valence-corrected chi connectivity index (χ4v) is 5.90. The predicted octanol–water partition coefficient (Wildman–Crippen LogP) is 6.70. The predicted molar refractivity (Wildman–Crippen MR) is 161 cm³/mol. The zero-order chi connectivity index (χ0) is 27.7. The number of carbonyl (C=O) groups is 1. The van der Waals surface area contributed by atoms with Crippen molar-refractivity contribution in [1.29, 1.82) is 0 Å². The Kier molecular flexibility index (Phi) is 8.37. The van der Waals surface area contributed by atoms with Crippen LogP contribution in [-0.4, -0.2) is 33.0 Å². The monoisotopic (exact) mass is 596 g/mol. The fraction of sp³-hybridized carbons (Fsp3) is 0.448. The Morgan fingerprint density at radius 2 is 1.97 bits per heavy atom. The van der Waals surface area contributed by atoms with E-state index in [1.807, 2.05) is 30.5 Å². The number of carbonyl (C=O) groups excluding carboxylic acids is 1. The van der Waals surface area contributed by atoms with Gasteiger partial charge in [0.1, 0.15) is 16.7 Å². The minimum absolute atomic E-state index is 0.0507. The molecule has 2 aliphatic heterocycles. The van der Waals surface area contributed by atoms with Crippen molar-refractivity contribution in [1.82, 2.24) is 20.0 Å². The van der Waals surface area contributed by atoms with Crippen LogP contribution in [0, 0.1) is 5.92 Å². The highest BCUT2D eigenvalue weighted by Gasteiger charge is 2.41. The molecule has 4 rings (SSSR count). The molecular formula is C29H37BrN6OS. The molecule has 2 unspecified atom stereocenters. The first-order valence-corrected chi connectivity index (χ1v) is 14.5. The second kappa shape index (κ2) is 11.2. The summed E-state index contributed by atoms with van der Waals surface area (Å²) in [4.78, 5) is 30.1. The van der Waals surface area contributed by atoms with Gasteiger partial charge in [0, 0.05) is 45.8 Å². The lowest BCUT2D eigenvalue weighted by Gasteiger charge is -2.34. The highest BCUT2D eigenvalue weighted by Crippen LogP contribution is 2.41. The molecule has 2 aromatic heterocycles. The molecule has 0 aromatic carbocycles. The number of halogens is 1. The van der Waals surface area contributed by atoms with Gasteiger partial charge in [-0.25, -0.2) is 9.98 Å². The second-order valence-corrected chi connectivity index (χ2v) is 13.4. The van der Waals surface area contributed by atoms with E-state index in [9.17, 15) is 4.79 Å². The van der Waals surface area contributed by atoms with E-state index in [4.69, 9.17) is 4.98 Å². The van der Waals surface area contributed by atoms with E-state index in [0.29, 0.717) is 22.3 Å². The quantitative estimate of drug-likeness (QED) is 0.375. The number of amides is 1. The van der Waals surface area contributed by atoms with Crippen LogP contribution in [0.3, 0.4) is 0 Å². The van der Waals surface area contributed by atoms with Gasteiger partial charge in [-0.3, -0.25) is 14.5 Å². The van der Waals surface area contributed by atoms with E-state index in [0.717, 1.165) is 59.4 Å². The third-order valence-corrected chi connectivity index (χ3v) is 8.31. The van der Waals surface area contributed by atoms with Crippen molar-refractivity contribution in [3.63, 3.8) is 0 Å². The van der Waals surface area contributed by atoms with Gasteiger partial charge in [-0.15, -0.1) is 0 Å². The Balaban J connectivity index is 1.75. The summed E-state index contributed by atoms with van der Waals surface area (Å²) in [6.45, 7) is 19.7. The Hall–Kier alpha value is -2.65. The van der Waals surface area contributed by atoms with E-state index in [-0.39, 0.29) is 22.9 Å². The Morgan fingerprint density at radius 1 is 1.21 bits per heavy atom. The largest absolute Gasteiger partial charge is 0.362 e. The fourth-order valence-electron chi connectivity index (χ4n) is 5.12. The van der Waals surface area contributed by atoms with Crippen LogP contribution in [-0.2, 0) is 5.41 Å². The maximum absolute atomic E-state index is 13.5. The maximum atomic E-state index is 13.5. The number of aromatic nitrogens is 2. The molecule has 2 bridgehead atoms. The molecule has 2 N–H and O–H groups in total. The standard InChI is InChI=1S/C29H37BrN6OS/c1-8-25-33-18(2)32-23(22-13-10-20(30)16-31-22)12-9-19-15-29(6,7)36(17-19)26-21(27(37)35-38-25)11-14-24(34-26)28(3,4)5/h8,10-11,13-14,16,19,23,32H,1-2,9,12,15,17H2,3-7H3,(H,35,37)/b33-25+. The van der Waals surface area contributed by atoms with E-state index >= 15 is 0 Å². The van der Waals surface area contributed by atoms with Gasteiger partial charge in [0.15, 0.2) is 0 Å². The Morgan fingerprint density at radius 3 is 2.63 bits per heavy atom. The minimum atomic E-state index is -0.211. The van der Waals surface area contributed by atoms with Gasteiger partial charge in [0.2, 0.25) is 0 Å². The third-order valence-electron chi connectivity index (χ3n) is 7.08. The smallest absolute Gasteiger partial charge is 0.265 e. The van der Waals surface area contributed by atoms with Crippen LogP contribution >= 0.6 is 27.9 Å². The Labute approximate surface area is 239 Å². The SMILES string of the molecule is C=C/C1=N\C(=C)NC(c2ccc(Br)cn2)CCC2CN(c3nc(C(C)(C)C)ccc3C(=O)NS1)C(C)(C)C2. The van der Waals surface area contributed by atoms with Crippen LogP contribution in [0.15, 0.2) is 65.0 Å². The third kappa shape index (κ3) is 6.49. The molecule has 0 saturated carbocycles. The molecule has 9 heteroatoms. The van der Waals surface area contributed by atoms with Gasteiger partial charge in [-0.05, 0) is 85.3 Å². The number of hydrogen-bond donors (Lipinski definition) is 2. The molecule has 0 spiro atoms. The number of pyridine rings is 2. The topological polar surface area (TPSA) is 82.5 Å². The van der Waals surface area contributed by atoms with E-state index in [2.05, 4.69) is 88.6 Å². The first kappa shape index (κ1) is 28.4. The zero-order valence-electron chi connectivity index (χ0n) is 22.8. The normalized spacial score (nSPS) is 23.7. The molecular weight excluding hydrogens is 560 g/mol. The number of fused-ring (bicyclic) bond motifs is 4. The van der Waals surface area contributed by atoms with Crippen molar-refractivity contribution in [2.75, 3.05) is 11.4 Å². The first-order valence-electron chi connectivity index (χ1n) is 12.9. The van der Waals surface area contributed by atoms with Crippen LogP contribution in [0.4, 0.5) is 5.82 Å². The molecule has 38 heavy (non-hydrogen) atoms. The number of rotatable bonds is 2. The molecule has 2 aromatic rings. The van der Waals surface area contributed by atoms with E-state index < -0.39 is 0 Å². The van der Waals surface area contributed by atoms with Gasteiger partial charge >= 0.3 is 0 Å². The van der Waals surface area contributed by atoms with Crippen LogP contribution in [0.5, 0.6) is 0 Å². The summed E-state index contributed by atoms with van der Waals surface area (Å²) >= 11 is 4.60. The number of anilines is 1. The van der Waals surface area contributed by atoms with Crippen LogP contribution in [0.25, 0.3) is 0 Å². The lowest BCUT2D eigenvalue weighted by Crippen LogP contribution is -2.40. The average Bonchev–Trinajstić information content (AvgIpc) is 3.16. The Bertz CT molecular complexity index is 1250. The second-order valence-electron chi connectivity index (χ2n) is 11.6. The average molecular weight is 598 g/mol. The van der Waals surface area contributed by atoms with Gasteiger partial charge in [-0.2, -0.15) is 0 Å². The summed E-state index contributed by atoms with van der Waals surface area (Å²) in [5.41, 5.74) is 2.17. The summed E-state index contributed by atoms with van der Waals surface area (Å²) in [6.07, 6.45) is 6.28. The lowest BCUT2D eigenvalue weighted by atomic mass is 9.90. The molecule has 1 fully saturated rings. The van der Waals surface area contributed by atoms with Crippen LogP contribution in [0.1, 0.15) is 81.7 Å². The number of nitrogens with one attached hydrogen (secondary N) is 2. The van der Waals surface area contributed by atoms with Gasteiger partial charge in [0.05, 0.1) is 17.3 Å². The van der Waals surface area contributed by atoms with Crippen molar-refractivity contribution >= 4 is 44.6 Å². The molecule has 1 amide bonds. The lowest BCUT2D eigenvalue weighted by molar-refractivity contribution is 0.0984. The maximum Gasteiger partial charge on any atom is 0.265 e.